The summed E-state index contributed by atoms with van der Waals surface area (Å²) in [6.07, 6.45) is 0.855. The van der Waals surface area contributed by atoms with Crippen molar-refractivity contribution >= 4 is 29.2 Å². The molecule has 0 fully saturated rings. The number of nitrogens with one attached hydrogen (secondary N) is 3. The lowest BCUT2D eigenvalue weighted by molar-refractivity contribution is -0.144. The van der Waals surface area contributed by atoms with Crippen LogP contribution >= 0.6 is 0 Å². The van der Waals surface area contributed by atoms with Gasteiger partial charge in [-0.2, -0.15) is 0 Å². The Hall–Kier alpha value is -3.39. The van der Waals surface area contributed by atoms with Crippen LogP contribution < -0.4 is 16.4 Å². The minimum Gasteiger partial charge on any atom is -0.465 e. The quantitative estimate of drug-likeness (QED) is 0.338. The van der Waals surface area contributed by atoms with Crippen molar-refractivity contribution in [3.63, 3.8) is 0 Å². The zero-order valence-corrected chi connectivity index (χ0v) is 16.3. The predicted molar refractivity (Wildman–Crippen MR) is 112 cm³/mol. The highest BCUT2D eigenvalue weighted by atomic mass is 16.5. The van der Waals surface area contributed by atoms with E-state index < -0.39 is 0 Å². The van der Waals surface area contributed by atoms with E-state index in [0.29, 0.717) is 30.1 Å². The van der Waals surface area contributed by atoms with E-state index in [0.717, 1.165) is 18.5 Å². The van der Waals surface area contributed by atoms with Gasteiger partial charge in [-0.15, -0.1) is 0 Å². The van der Waals surface area contributed by atoms with Crippen molar-refractivity contribution in [2.45, 2.75) is 19.9 Å². The van der Waals surface area contributed by atoms with Gasteiger partial charge in [0.1, 0.15) is 0 Å². The lowest BCUT2D eigenvalue weighted by Gasteiger charge is -2.28. The van der Waals surface area contributed by atoms with Crippen molar-refractivity contribution in [3.8, 4) is 0 Å². The summed E-state index contributed by atoms with van der Waals surface area (Å²) in [6.45, 7) is 3.89. The molecule has 0 aromatic heterocycles. The molecule has 8 heteroatoms. The molecular weight excluding hydrogens is 370 g/mol. The Kier molecular flexibility index (Phi) is 6.46. The summed E-state index contributed by atoms with van der Waals surface area (Å²) in [5.41, 5.74) is 9.47. The zero-order valence-electron chi connectivity index (χ0n) is 16.3. The molecule has 2 aromatic carbocycles. The number of hydrogen-bond donors (Lipinski definition) is 4. The second-order valence-corrected chi connectivity index (χ2v) is 6.82. The lowest BCUT2D eigenvalue weighted by Crippen LogP contribution is -2.35. The molecule has 0 bridgehead atoms. The minimum absolute atomic E-state index is 0.159. The molecule has 29 heavy (non-hydrogen) atoms. The number of anilines is 2. The Morgan fingerprint density at radius 2 is 1.83 bits per heavy atom. The van der Waals surface area contributed by atoms with Gasteiger partial charge in [0.2, 0.25) is 0 Å². The number of carbonyl (C=O) groups is 2. The number of nitrogens with zero attached hydrogens (tertiary/aromatic N) is 1. The monoisotopic (exact) mass is 395 g/mol. The van der Waals surface area contributed by atoms with Crippen LogP contribution in [-0.4, -0.2) is 42.4 Å². The maximum absolute atomic E-state index is 12.5. The number of esters is 1. The Morgan fingerprint density at radius 1 is 1.10 bits per heavy atom. The Morgan fingerprint density at radius 3 is 2.52 bits per heavy atom. The van der Waals surface area contributed by atoms with Crippen molar-refractivity contribution in [3.05, 3.63) is 59.2 Å². The van der Waals surface area contributed by atoms with E-state index in [1.54, 1.807) is 31.2 Å². The van der Waals surface area contributed by atoms with Gasteiger partial charge >= 0.3 is 5.97 Å². The number of carbonyl (C=O) groups excluding carboxylic acids is 2. The summed E-state index contributed by atoms with van der Waals surface area (Å²) >= 11 is 0. The van der Waals surface area contributed by atoms with Gasteiger partial charge < -0.3 is 21.1 Å². The van der Waals surface area contributed by atoms with E-state index >= 15 is 0 Å². The van der Waals surface area contributed by atoms with E-state index in [2.05, 4.69) is 10.6 Å². The number of amides is 1. The predicted octanol–water partition coefficient (Wildman–Crippen LogP) is 2.17. The summed E-state index contributed by atoms with van der Waals surface area (Å²) in [6, 6.07) is 12.6. The summed E-state index contributed by atoms with van der Waals surface area (Å²) < 4.78 is 5.03. The van der Waals surface area contributed by atoms with Crippen molar-refractivity contribution in [1.29, 1.82) is 5.41 Å². The highest BCUT2D eigenvalue weighted by Crippen LogP contribution is 2.23. The second-order valence-electron chi connectivity index (χ2n) is 6.82. The maximum Gasteiger partial charge on any atom is 0.320 e. The molecule has 152 valence electrons. The van der Waals surface area contributed by atoms with Crippen LogP contribution in [0.25, 0.3) is 0 Å². The largest absolute Gasteiger partial charge is 0.465 e. The van der Waals surface area contributed by atoms with Crippen LogP contribution in [0.15, 0.2) is 42.5 Å². The van der Waals surface area contributed by atoms with Gasteiger partial charge in [-0.25, -0.2) is 0 Å². The normalized spacial score (nSPS) is 13.3. The van der Waals surface area contributed by atoms with Gasteiger partial charge in [-0.3, -0.25) is 19.9 Å². The smallest absolute Gasteiger partial charge is 0.320 e. The molecular formula is C21H25N5O3. The van der Waals surface area contributed by atoms with E-state index in [9.17, 15) is 9.59 Å². The minimum atomic E-state index is -0.224. The standard InChI is InChI=1S/C21H25N5O3/c1-2-29-19(27)13-26-10-9-14-3-8-18(11-16(14)12-26)24-20(28)15-4-6-17(7-5-15)25-21(22)23/h3-8,11H,2,9-10,12-13H2,1H3,(H,24,28)(H4,22,23,25). The number of fused-ring (bicyclic) bond motifs is 1. The molecule has 1 amide bonds. The third-order valence-corrected chi connectivity index (χ3v) is 4.64. The van der Waals surface area contributed by atoms with Gasteiger partial charge in [0.15, 0.2) is 5.96 Å². The average molecular weight is 395 g/mol. The Bertz CT molecular complexity index is 911. The molecule has 0 atom stereocenters. The fourth-order valence-corrected chi connectivity index (χ4v) is 3.28. The molecule has 0 unspecified atom stereocenters. The first kappa shape index (κ1) is 20.3. The van der Waals surface area contributed by atoms with Crippen LogP contribution in [0.4, 0.5) is 11.4 Å². The Balaban J connectivity index is 1.64. The highest BCUT2D eigenvalue weighted by Gasteiger charge is 2.19. The molecule has 0 saturated heterocycles. The third kappa shape index (κ3) is 5.55. The van der Waals surface area contributed by atoms with Crippen LogP contribution in [0.2, 0.25) is 0 Å². The number of hydrogen-bond acceptors (Lipinski definition) is 5. The first-order chi connectivity index (χ1) is 13.9. The fraction of sp³-hybridized carbons (Fsp3) is 0.286. The fourth-order valence-electron chi connectivity index (χ4n) is 3.28. The Labute approximate surface area is 169 Å². The number of nitrogens with two attached hydrogens (primary N) is 1. The molecule has 2 aromatic rings. The molecule has 0 saturated carbocycles. The first-order valence-corrected chi connectivity index (χ1v) is 9.47. The second kappa shape index (κ2) is 9.20. The van der Waals surface area contributed by atoms with Crippen molar-refractivity contribution in [1.82, 2.24) is 4.90 Å². The first-order valence-electron chi connectivity index (χ1n) is 9.47. The summed E-state index contributed by atoms with van der Waals surface area (Å²) in [4.78, 5) is 26.3. The van der Waals surface area contributed by atoms with Crippen LogP contribution in [0.5, 0.6) is 0 Å². The molecule has 1 heterocycles. The molecule has 1 aliphatic heterocycles. The van der Waals surface area contributed by atoms with Gasteiger partial charge in [0, 0.05) is 30.0 Å². The molecule has 3 rings (SSSR count). The molecule has 8 nitrogen and oxygen atoms in total. The highest BCUT2D eigenvalue weighted by molar-refractivity contribution is 6.04. The number of ether oxygens (including phenoxy) is 1. The van der Waals surface area contributed by atoms with E-state index in [4.69, 9.17) is 15.9 Å². The number of rotatable bonds is 6. The van der Waals surface area contributed by atoms with E-state index in [1.807, 2.05) is 23.1 Å². The topological polar surface area (TPSA) is 121 Å². The summed E-state index contributed by atoms with van der Waals surface area (Å²) in [5.74, 6) is -0.602. The molecule has 0 spiro atoms. The SMILES string of the molecule is CCOC(=O)CN1CCc2ccc(NC(=O)c3ccc(NC(=N)N)cc3)cc2C1. The summed E-state index contributed by atoms with van der Waals surface area (Å²) in [7, 11) is 0. The molecule has 0 aliphatic carbocycles. The van der Waals surface area contributed by atoms with Crippen molar-refractivity contribution in [2.24, 2.45) is 5.73 Å². The summed E-state index contributed by atoms with van der Waals surface area (Å²) in [5, 5.41) is 12.8. The van der Waals surface area contributed by atoms with Crippen LogP contribution in [0, 0.1) is 5.41 Å². The van der Waals surface area contributed by atoms with Gasteiger partial charge in [0.05, 0.1) is 13.2 Å². The van der Waals surface area contributed by atoms with E-state index in [1.165, 1.54) is 5.56 Å². The maximum atomic E-state index is 12.5. The number of benzene rings is 2. The average Bonchev–Trinajstić information content (AvgIpc) is 2.68. The third-order valence-electron chi connectivity index (χ3n) is 4.64. The molecule has 1 aliphatic rings. The zero-order chi connectivity index (χ0) is 20.8. The molecule has 0 radical (unpaired) electrons. The van der Waals surface area contributed by atoms with Crippen LogP contribution in [0.1, 0.15) is 28.4 Å². The van der Waals surface area contributed by atoms with Gasteiger partial charge in [-0.1, -0.05) is 6.07 Å². The van der Waals surface area contributed by atoms with Crippen molar-refractivity contribution in [2.75, 3.05) is 30.3 Å². The van der Waals surface area contributed by atoms with Gasteiger partial charge in [0.25, 0.3) is 5.91 Å². The van der Waals surface area contributed by atoms with Crippen LogP contribution in [0.3, 0.4) is 0 Å². The van der Waals surface area contributed by atoms with Gasteiger partial charge in [-0.05, 0) is 60.9 Å². The van der Waals surface area contributed by atoms with Crippen LogP contribution in [-0.2, 0) is 22.5 Å². The molecule has 5 N–H and O–H groups in total. The van der Waals surface area contributed by atoms with Crippen molar-refractivity contribution < 1.29 is 14.3 Å². The number of guanidine groups is 1. The van der Waals surface area contributed by atoms with E-state index in [-0.39, 0.29) is 24.4 Å². The lowest BCUT2D eigenvalue weighted by atomic mass is 9.99.